The zero-order valence-corrected chi connectivity index (χ0v) is 53.9. The van der Waals surface area contributed by atoms with Gasteiger partial charge in [0.05, 0.1) is 112 Å². The largest absolute Gasteiger partial charge is 1.00 e. The van der Waals surface area contributed by atoms with E-state index in [0.717, 1.165) is 34.6 Å². The van der Waals surface area contributed by atoms with Gasteiger partial charge in [0.25, 0.3) is 23.0 Å². The van der Waals surface area contributed by atoms with Gasteiger partial charge in [0.1, 0.15) is 29.5 Å². The number of pyridine rings is 4. The van der Waals surface area contributed by atoms with Crippen LogP contribution in [-0.2, 0) is 56.9 Å². The molecule has 0 aliphatic rings. The van der Waals surface area contributed by atoms with Crippen LogP contribution < -0.4 is 63.5 Å². The number of ketones is 1. The first-order valence-electron chi connectivity index (χ1n) is 22.0. The van der Waals surface area contributed by atoms with Crippen LogP contribution in [0, 0.1) is 5.41 Å². The van der Waals surface area contributed by atoms with E-state index in [-0.39, 0.29) is 114 Å². The zero-order valence-electron chi connectivity index (χ0n) is 49.0. The predicted octanol–water partition coefficient (Wildman–Crippen LogP) is -0.875. The molecule has 6 aromatic heterocycles. The fourth-order valence-corrected chi connectivity index (χ4v) is 5.16. The number of H-pyrrole nitrogens is 3. The summed E-state index contributed by atoms with van der Waals surface area (Å²) in [6, 6.07) is 0. The van der Waals surface area contributed by atoms with Crippen molar-refractivity contribution in [1.82, 2.24) is 39.9 Å². The second kappa shape index (κ2) is 51.3. The molecule has 13 N–H and O–H groups in total. The first kappa shape index (κ1) is 91.4. The van der Waals surface area contributed by atoms with Gasteiger partial charge in [0.15, 0.2) is 5.78 Å². The number of halogens is 5. The molecule has 43 heteroatoms. The molecule has 0 spiro atoms. The van der Waals surface area contributed by atoms with Gasteiger partial charge in [-0.15, -0.1) is 0 Å². The minimum atomic E-state index is -3.22. The number of esters is 7. The summed E-state index contributed by atoms with van der Waals surface area (Å²) in [6.45, 7) is 1.08. The Balaban J connectivity index is -0.000000179. The van der Waals surface area contributed by atoms with Gasteiger partial charge >= 0.3 is 76.5 Å². The summed E-state index contributed by atoms with van der Waals surface area (Å²) in [5.74, 6) is -3.27. The smallest absolute Gasteiger partial charge is 1.00 e. The van der Waals surface area contributed by atoms with Crippen molar-refractivity contribution >= 4 is 138 Å². The molecule has 0 atom stereocenters. The number of Topliss-reactive ketones (excluding diaryl/α,β-unsaturated/α-hetero) is 1. The normalized spacial score (nSPS) is 8.94. The minimum absolute atomic E-state index is 0. The van der Waals surface area contributed by atoms with Gasteiger partial charge in [-0.1, -0.05) is 11.6 Å². The van der Waals surface area contributed by atoms with Crippen molar-refractivity contribution in [2.45, 2.75) is 19.8 Å². The molecular formula is C46H57Cl4FN12NaO24P. The Morgan fingerprint density at radius 2 is 0.865 bits per heavy atom. The number of carbonyl (C=O) groups is 10. The van der Waals surface area contributed by atoms with Crippen LogP contribution in [-0.4, -0.2) is 178 Å². The van der Waals surface area contributed by atoms with E-state index in [1.165, 1.54) is 97.8 Å². The molecule has 0 bridgehead atoms. The molecule has 6 rings (SSSR count). The summed E-state index contributed by atoms with van der Waals surface area (Å²) in [6.07, 6.45) is 12.5. The number of primary amides is 1. The number of ether oxygens (including phenoxy) is 7. The molecule has 0 saturated heterocycles. The maximum atomic E-state index is 11.5. The molecule has 0 aliphatic heterocycles. The number of aliphatic carboxylic acids is 1. The van der Waals surface area contributed by atoms with E-state index in [2.05, 4.69) is 118 Å². The van der Waals surface area contributed by atoms with Crippen molar-refractivity contribution < 1.29 is 137 Å². The number of carboxylic acid groups (broad SMARTS) is 1. The van der Waals surface area contributed by atoms with Crippen LogP contribution in [0.3, 0.4) is 0 Å². The van der Waals surface area contributed by atoms with Crippen LogP contribution in [0.25, 0.3) is 21.8 Å². The molecule has 1 amide bonds. The second-order valence-electron chi connectivity index (χ2n) is 13.7. The van der Waals surface area contributed by atoms with Crippen LogP contribution in [0.5, 0.6) is 0 Å². The Kier molecular flexibility index (Phi) is 52.7. The van der Waals surface area contributed by atoms with Gasteiger partial charge in [-0.2, -0.15) is 0 Å². The van der Waals surface area contributed by atoms with Gasteiger partial charge in [-0.25, -0.2) is 39.8 Å². The molecule has 486 valence electrons. The fourth-order valence-electron chi connectivity index (χ4n) is 4.91. The topological polar surface area (TPSA) is 578 Å². The summed E-state index contributed by atoms with van der Waals surface area (Å²) >= 11 is 19.7. The Morgan fingerprint density at radius 1 is 0.596 bits per heavy atom. The number of nitrogens with one attached hydrogen (secondary N) is 4. The number of fused-ring (bicyclic) bond motifs is 2. The van der Waals surface area contributed by atoms with Crippen LogP contribution in [0.2, 0.25) is 5.02 Å². The molecule has 0 aliphatic carbocycles. The third-order valence-electron chi connectivity index (χ3n) is 8.36. The van der Waals surface area contributed by atoms with Crippen molar-refractivity contribution in [3.8, 4) is 0 Å². The molecule has 89 heavy (non-hydrogen) atoms. The summed E-state index contributed by atoms with van der Waals surface area (Å²) in [5.41, 5.74) is 8.58. The number of aliphatic hydroxyl groups excluding tert-OH is 1. The molecule has 0 unspecified atom stereocenters. The molecule has 0 aromatic carbocycles. The second-order valence-corrected chi connectivity index (χ2v) is 20.8. The van der Waals surface area contributed by atoms with E-state index < -0.39 is 70.1 Å². The number of hydrogen-bond acceptors (Lipinski definition) is 30. The van der Waals surface area contributed by atoms with E-state index in [1.807, 2.05) is 0 Å². The number of aromatic nitrogens is 8. The average Bonchev–Trinajstić information content (AvgIpc) is 1.34. The van der Waals surface area contributed by atoms with Crippen LogP contribution in [0.4, 0.5) is 4.70 Å². The Hall–Kier alpha value is -8.75. The number of methoxy groups -OCH3 is 7. The van der Waals surface area contributed by atoms with E-state index in [0.29, 0.717) is 5.52 Å². The summed E-state index contributed by atoms with van der Waals surface area (Å²) in [5, 5.41) is 24.0. The van der Waals surface area contributed by atoms with Gasteiger partial charge in [0.2, 0.25) is 5.43 Å². The van der Waals surface area contributed by atoms with Crippen molar-refractivity contribution in [3.63, 3.8) is 0 Å². The molecule has 6 heterocycles. The number of aromatic amines is 3. The van der Waals surface area contributed by atoms with Crippen LogP contribution in [0.1, 0.15) is 83.3 Å². The van der Waals surface area contributed by atoms with Gasteiger partial charge in [-0.05, 0) is 33.7 Å². The number of amides is 1. The summed E-state index contributed by atoms with van der Waals surface area (Å²) in [4.78, 5) is 168. The SMILES string of the molecule is CC(=O)O.CO.COC(=O)CC(=O)CC(=O)OC.COC(=O)c1c[nH]cc(C(=O)OC)c1=O.COC(=O)c1cncc(C(=O)OC)c1Cl.COC(=O)c1cncc2c(=O)[nH]cnc12.F.N=CN.NC(=O)c1cncc2c(=O)[nH]cnc12.NO.O=P(Cl)(Cl)Cl.[H-].[Na+]. The van der Waals surface area contributed by atoms with E-state index in [9.17, 15) is 62.1 Å². The Morgan fingerprint density at radius 3 is 1.17 bits per heavy atom. The zero-order chi connectivity index (χ0) is 68.2. The number of hydrogen-bond donors (Lipinski definition) is 10. The monoisotopic (exact) mass is 1370 g/mol. The van der Waals surface area contributed by atoms with Crippen molar-refractivity contribution in [2.75, 3.05) is 56.9 Å². The summed E-state index contributed by atoms with van der Waals surface area (Å²) < 4.78 is 40.2. The molecule has 0 saturated carbocycles. The number of carboxylic acids is 1. The maximum Gasteiger partial charge on any atom is 1.00 e. The van der Waals surface area contributed by atoms with Crippen LogP contribution in [0.15, 0.2) is 76.6 Å². The number of nitrogens with zero attached hydrogens (tertiary/aromatic N) is 5. The number of nitrogens with two attached hydrogens (primary N) is 3. The van der Waals surface area contributed by atoms with Crippen molar-refractivity contribution in [3.05, 3.63) is 132 Å². The van der Waals surface area contributed by atoms with Crippen molar-refractivity contribution in [1.29, 1.82) is 5.41 Å². The van der Waals surface area contributed by atoms with Gasteiger partial charge < -0.3 is 76.4 Å². The van der Waals surface area contributed by atoms with Gasteiger partial charge in [-0.3, -0.25) is 68.0 Å². The molecular weight excluding hydrogens is 1320 g/mol. The predicted molar refractivity (Wildman–Crippen MR) is 309 cm³/mol. The van der Waals surface area contributed by atoms with E-state index in [4.69, 9.17) is 43.0 Å². The fraction of sp³-hybridized carbons (Fsp3) is 0.239. The average molecular weight is 1380 g/mol. The number of rotatable bonds is 10. The van der Waals surface area contributed by atoms with Gasteiger partial charge in [0, 0.05) is 63.6 Å². The molecule has 0 fully saturated rings. The number of carbonyl (C=O) groups excluding carboxylic acids is 9. The van der Waals surface area contributed by atoms with E-state index in [1.54, 1.807) is 0 Å². The standard InChI is InChI=1S/C9H8ClNO4.C9H7N3O3.C9H9NO5.C8H6N4O2.C7H10O5.C2H4O2.CH4N2.CH4O.Cl3OP.FH.H3NO.Na.H/c1-14-8(12)5-3-11-4-6(7(5)10)9(13)15-2;1-15-9(14)6-3-10-2-5-7(6)11-4-12-8(5)13;1-14-8(12)5-3-10-4-6(7(5)11)9(13)15-2;9-7(13)4-1-10-2-5-6(4)11-3-12-8(5)14;1-11-6(9)3-5(8)4-7(10)12-2;1-2(3)4;2-1-3;1-2;1-5(2,3)4;;1-2;;/h3-4H,1-2H3;2-4H,1H3,(H,11,12,13);3-4H,1-2H3,(H,10,11);1-3H,(H2,9,13)(H,11,12,14);3-4H2,1-2H3;1H3,(H,3,4);1H,(H3,2,3);2H,1H3;;1H;2H,1H2;;/q;;;;;;;;;;;+1;-1. The first-order chi connectivity index (χ1) is 40.9. The third kappa shape index (κ3) is 36.9. The van der Waals surface area contributed by atoms with Crippen molar-refractivity contribution in [2.24, 2.45) is 17.4 Å². The van der Waals surface area contributed by atoms with Crippen LogP contribution >= 0.6 is 50.5 Å². The molecule has 0 radical (unpaired) electrons. The first-order valence-corrected chi connectivity index (χ1v) is 26.8. The molecule has 36 nitrogen and oxygen atoms in total. The third-order valence-corrected chi connectivity index (χ3v) is 8.77. The minimum Gasteiger partial charge on any atom is -1.00 e. The van der Waals surface area contributed by atoms with E-state index >= 15 is 0 Å². The Bertz CT molecular complexity index is 3430. The molecule has 6 aromatic rings. The summed E-state index contributed by atoms with van der Waals surface area (Å²) in [7, 11) is 9.32. The Labute approximate surface area is 542 Å². The number of aliphatic hydroxyl groups is 1. The maximum absolute atomic E-state index is 11.5. The quantitative estimate of drug-likeness (QED) is 0.0116.